The number of carbonyl (C=O) groups is 1. The molecular weight excluding hydrogens is 1080 g/mol. The van der Waals surface area contributed by atoms with Crippen LogP contribution in [0.3, 0.4) is 0 Å². The first-order valence-corrected chi connectivity index (χ1v) is 31.3. The standard InChI is InChI=1S/C36H60N4O2.C28H40Br2O4/c1-9-13-15-27(11-3)25-41-33-29-17-20-32(36-39(7)23-24-40(36)8)34(42-26-28(12-4)16-14-10-2)30(29)18-19-31(33)35-37(5)21-22-38(35)6;1-6-10-12-19(8-3)17-33-26-21-15-25(30)28(32-5)27(22(21)14-24(29)23(26)16-31)34-18-20(9-4)13-11-7-2/h17-20,27-28,35-36H,9-16,21-26H2,1-8H3;14-16,19-20H,6-13,17-18H2,1-5H3. The van der Waals surface area contributed by atoms with Crippen LogP contribution in [0, 0.1) is 23.7 Å². The summed E-state index contributed by atoms with van der Waals surface area (Å²) in [6.07, 6.45) is 20.2. The smallest absolute Gasteiger partial charge is 0.175 e. The zero-order valence-corrected chi connectivity index (χ0v) is 52.6. The molecule has 4 aromatic rings. The third-order valence-electron chi connectivity index (χ3n) is 16.6. The van der Waals surface area contributed by atoms with E-state index in [4.69, 9.17) is 23.7 Å². The van der Waals surface area contributed by atoms with Crippen molar-refractivity contribution in [3.05, 3.63) is 62.0 Å². The van der Waals surface area contributed by atoms with E-state index in [9.17, 15) is 4.79 Å². The first-order chi connectivity index (χ1) is 36.8. The highest BCUT2D eigenvalue weighted by molar-refractivity contribution is 9.11. The summed E-state index contributed by atoms with van der Waals surface area (Å²) in [6.45, 7) is 25.0. The van der Waals surface area contributed by atoms with Crippen molar-refractivity contribution in [2.75, 3.05) is 87.9 Å². The summed E-state index contributed by atoms with van der Waals surface area (Å²) in [5, 5.41) is 4.10. The van der Waals surface area contributed by atoms with E-state index in [1.807, 2.05) is 12.1 Å². The molecular formula is C64H100Br2N4O6. The highest BCUT2D eigenvalue weighted by Crippen LogP contribution is 2.49. The Kier molecular flexibility index (Phi) is 27.5. The van der Waals surface area contributed by atoms with Crippen LogP contribution < -0.4 is 23.7 Å². The molecule has 10 nitrogen and oxygen atoms in total. The minimum Gasteiger partial charge on any atom is -0.492 e. The molecule has 0 amide bonds. The van der Waals surface area contributed by atoms with Crippen molar-refractivity contribution in [1.29, 1.82) is 0 Å². The summed E-state index contributed by atoms with van der Waals surface area (Å²) in [4.78, 5) is 21.9. The van der Waals surface area contributed by atoms with Crippen LogP contribution in [0.1, 0.15) is 192 Å². The van der Waals surface area contributed by atoms with E-state index >= 15 is 0 Å². The van der Waals surface area contributed by atoms with Crippen molar-refractivity contribution in [2.24, 2.45) is 23.7 Å². The van der Waals surface area contributed by atoms with Crippen LogP contribution in [0.4, 0.5) is 0 Å². The second-order valence-electron chi connectivity index (χ2n) is 22.2. The van der Waals surface area contributed by atoms with Gasteiger partial charge in [0.25, 0.3) is 0 Å². The van der Waals surface area contributed by atoms with Crippen LogP contribution in [0.2, 0.25) is 0 Å². The molecule has 12 heteroatoms. The molecule has 0 saturated carbocycles. The molecule has 4 unspecified atom stereocenters. The quantitative estimate of drug-likeness (QED) is 0.0441. The summed E-state index contributed by atoms with van der Waals surface area (Å²) in [5.74, 6) is 6.13. The molecule has 0 radical (unpaired) electrons. The SMILES string of the molecule is CCCCC(CC)COc1c(C2N(C)CCN2C)ccc2c(OCC(CC)CCCC)c(C3N(C)CCN3C)ccc12.CCCCC(CC)COc1c(C=O)c(Br)cc2c(OCC(CC)CCCC)c(OC)c(Br)cc12. The first-order valence-electron chi connectivity index (χ1n) is 29.7. The van der Waals surface area contributed by atoms with Gasteiger partial charge in [0.15, 0.2) is 17.8 Å². The minimum absolute atomic E-state index is 0.217. The van der Waals surface area contributed by atoms with Gasteiger partial charge in [0.05, 0.1) is 55.9 Å². The molecule has 4 aromatic carbocycles. The lowest BCUT2D eigenvalue weighted by Crippen LogP contribution is -2.27. The van der Waals surface area contributed by atoms with E-state index in [-0.39, 0.29) is 12.3 Å². The third-order valence-corrected chi connectivity index (χ3v) is 17.8. The molecule has 426 valence electrons. The summed E-state index contributed by atoms with van der Waals surface area (Å²) >= 11 is 7.26. The van der Waals surface area contributed by atoms with E-state index in [1.54, 1.807) is 7.11 Å². The molecule has 2 heterocycles. The number of methoxy groups -OCH3 is 1. The number of halogens is 2. The number of fused-ring (bicyclic) bond motifs is 2. The Labute approximate surface area is 477 Å². The van der Waals surface area contributed by atoms with Crippen LogP contribution in [-0.2, 0) is 0 Å². The van der Waals surface area contributed by atoms with Gasteiger partial charge in [-0.1, -0.05) is 145 Å². The third kappa shape index (κ3) is 16.5. The van der Waals surface area contributed by atoms with E-state index in [1.165, 1.54) is 86.1 Å². The molecule has 0 bridgehead atoms. The van der Waals surface area contributed by atoms with E-state index in [0.717, 1.165) is 111 Å². The Bertz CT molecular complexity index is 2280. The van der Waals surface area contributed by atoms with Gasteiger partial charge in [-0.15, -0.1) is 0 Å². The molecule has 0 N–H and O–H groups in total. The molecule has 2 aliphatic heterocycles. The maximum Gasteiger partial charge on any atom is 0.175 e. The number of rotatable bonds is 32. The highest BCUT2D eigenvalue weighted by Gasteiger charge is 2.35. The normalized spacial score (nSPS) is 16.7. The topological polar surface area (TPSA) is 76.2 Å². The van der Waals surface area contributed by atoms with Crippen LogP contribution in [0.5, 0.6) is 28.7 Å². The Morgan fingerprint density at radius 3 is 1.13 bits per heavy atom. The van der Waals surface area contributed by atoms with Crippen molar-refractivity contribution in [3.8, 4) is 28.7 Å². The van der Waals surface area contributed by atoms with Crippen molar-refractivity contribution in [1.82, 2.24) is 19.6 Å². The number of aldehydes is 1. The number of hydrogen-bond donors (Lipinski definition) is 0. The van der Waals surface area contributed by atoms with Gasteiger partial charge in [-0.3, -0.25) is 24.4 Å². The average Bonchev–Trinajstić information content (AvgIpc) is 3.95. The van der Waals surface area contributed by atoms with Crippen LogP contribution in [0.25, 0.3) is 21.5 Å². The Hall–Kier alpha value is -3.13. The number of hydrogen-bond acceptors (Lipinski definition) is 10. The van der Waals surface area contributed by atoms with Gasteiger partial charge < -0.3 is 23.7 Å². The van der Waals surface area contributed by atoms with E-state index in [0.29, 0.717) is 64.2 Å². The first kappa shape index (κ1) is 63.7. The van der Waals surface area contributed by atoms with Gasteiger partial charge in [-0.2, -0.15) is 0 Å². The summed E-state index contributed by atoms with van der Waals surface area (Å²) in [5.41, 5.74) is 3.08. The number of ether oxygens (including phenoxy) is 5. The lowest BCUT2D eigenvalue weighted by Gasteiger charge is -2.31. The van der Waals surface area contributed by atoms with Crippen LogP contribution in [-0.4, -0.2) is 114 Å². The van der Waals surface area contributed by atoms with Gasteiger partial charge in [0.2, 0.25) is 0 Å². The maximum absolute atomic E-state index is 12.0. The molecule has 4 atom stereocenters. The van der Waals surface area contributed by atoms with Crippen LogP contribution in [0.15, 0.2) is 45.3 Å². The molecule has 0 aromatic heterocycles. The summed E-state index contributed by atoms with van der Waals surface area (Å²) < 4.78 is 33.9. The Morgan fingerprint density at radius 1 is 0.474 bits per heavy atom. The number of benzene rings is 4. The van der Waals surface area contributed by atoms with Crippen molar-refractivity contribution < 1.29 is 28.5 Å². The second-order valence-corrected chi connectivity index (χ2v) is 23.9. The monoisotopic (exact) mass is 1180 g/mol. The summed E-state index contributed by atoms with van der Waals surface area (Å²) in [7, 11) is 10.6. The van der Waals surface area contributed by atoms with Gasteiger partial charge in [-0.25, -0.2) is 0 Å². The molecule has 2 fully saturated rings. The number of carbonyl (C=O) groups excluding carboxylic acids is 1. The van der Waals surface area contributed by atoms with Gasteiger partial charge >= 0.3 is 0 Å². The molecule has 0 aliphatic carbocycles. The zero-order chi connectivity index (χ0) is 55.3. The predicted molar refractivity (Wildman–Crippen MR) is 326 cm³/mol. The molecule has 76 heavy (non-hydrogen) atoms. The molecule has 2 saturated heterocycles. The fourth-order valence-electron chi connectivity index (χ4n) is 11.3. The zero-order valence-electron chi connectivity index (χ0n) is 49.5. The average molecular weight is 1180 g/mol. The minimum atomic E-state index is 0.217. The van der Waals surface area contributed by atoms with E-state index < -0.39 is 0 Å². The number of nitrogens with zero attached hydrogens (tertiary/aromatic N) is 4. The van der Waals surface area contributed by atoms with Crippen LogP contribution >= 0.6 is 31.9 Å². The highest BCUT2D eigenvalue weighted by atomic mass is 79.9. The van der Waals surface area contributed by atoms with E-state index in [2.05, 4.69) is 159 Å². The van der Waals surface area contributed by atoms with Crippen molar-refractivity contribution in [2.45, 2.75) is 170 Å². The van der Waals surface area contributed by atoms with Crippen molar-refractivity contribution in [3.63, 3.8) is 0 Å². The summed E-state index contributed by atoms with van der Waals surface area (Å²) in [6, 6.07) is 13.2. The fourth-order valence-corrected chi connectivity index (χ4v) is 12.3. The number of likely N-dealkylation sites (N-methyl/N-ethyl adjacent to an activating group) is 4. The molecule has 0 spiro atoms. The Morgan fingerprint density at radius 2 is 0.803 bits per heavy atom. The second kappa shape index (κ2) is 32.8. The molecule has 6 rings (SSSR count). The number of unbranched alkanes of at least 4 members (excludes halogenated alkanes) is 4. The van der Waals surface area contributed by atoms with Gasteiger partial charge in [0.1, 0.15) is 17.2 Å². The van der Waals surface area contributed by atoms with Crippen molar-refractivity contribution >= 4 is 59.7 Å². The molecule has 2 aliphatic rings. The lowest BCUT2D eigenvalue weighted by molar-refractivity contribution is 0.111. The maximum atomic E-state index is 12.0. The Balaban J connectivity index is 0.000000288. The predicted octanol–water partition coefficient (Wildman–Crippen LogP) is 17.2. The fraction of sp³-hybridized carbons (Fsp3) is 0.672. The van der Waals surface area contributed by atoms with Gasteiger partial charge in [0, 0.05) is 63.3 Å². The largest absolute Gasteiger partial charge is 0.492 e. The lowest BCUT2D eigenvalue weighted by atomic mass is 9.97. The van der Waals surface area contributed by atoms with Gasteiger partial charge in [-0.05, 0) is 134 Å².